The van der Waals surface area contributed by atoms with Crippen LogP contribution in [0.15, 0.2) is 42.5 Å². The van der Waals surface area contributed by atoms with E-state index >= 15 is 0 Å². The third-order valence-electron chi connectivity index (χ3n) is 4.79. The molecular formula is C20H19FN2O5. The number of nitrogens with one attached hydrogen (secondary N) is 1. The molecule has 2 aliphatic rings. The van der Waals surface area contributed by atoms with Crippen molar-refractivity contribution < 1.29 is 28.2 Å². The number of nitrogens with zero attached hydrogens (tertiary/aromatic N) is 1. The van der Waals surface area contributed by atoms with E-state index in [0.29, 0.717) is 36.0 Å². The molecule has 0 saturated carbocycles. The molecule has 1 saturated heterocycles. The van der Waals surface area contributed by atoms with Gasteiger partial charge in [-0.1, -0.05) is 6.07 Å². The highest BCUT2D eigenvalue weighted by molar-refractivity contribution is 6.07. The lowest BCUT2D eigenvalue weighted by atomic mass is 9.91. The van der Waals surface area contributed by atoms with Crippen molar-refractivity contribution in [2.45, 2.75) is 12.5 Å². The number of ether oxygens (including phenoxy) is 3. The first-order valence-corrected chi connectivity index (χ1v) is 8.90. The molecule has 2 heterocycles. The summed E-state index contributed by atoms with van der Waals surface area (Å²) in [5, 5.41) is 2.75. The Morgan fingerprint density at radius 1 is 1.11 bits per heavy atom. The Kier molecular flexibility index (Phi) is 4.54. The maximum Gasteiger partial charge on any atom is 0.325 e. The third-order valence-corrected chi connectivity index (χ3v) is 4.79. The minimum atomic E-state index is -1.21. The molecule has 0 radical (unpaired) electrons. The number of hydrogen-bond donors (Lipinski definition) is 1. The maximum absolute atomic E-state index is 13.0. The van der Waals surface area contributed by atoms with Crippen molar-refractivity contribution in [1.82, 2.24) is 10.2 Å². The van der Waals surface area contributed by atoms with Crippen molar-refractivity contribution >= 4 is 11.9 Å². The van der Waals surface area contributed by atoms with E-state index in [-0.39, 0.29) is 24.9 Å². The first kappa shape index (κ1) is 18.1. The van der Waals surface area contributed by atoms with Gasteiger partial charge < -0.3 is 19.5 Å². The number of hydrogen-bond acceptors (Lipinski definition) is 5. The van der Waals surface area contributed by atoms with Crippen LogP contribution in [0.3, 0.4) is 0 Å². The molecule has 1 fully saturated rings. The van der Waals surface area contributed by atoms with Crippen LogP contribution < -0.4 is 19.5 Å². The number of urea groups is 1. The van der Waals surface area contributed by atoms with Gasteiger partial charge in [0.15, 0.2) is 11.5 Å². The second-order valence-electron chi connectivity index (χ2n) is 6.67. The zero-order valence-corrected chi connectivity index (χ0v) is 15.2. The van der Waals surface area contributed by atoms with Crippen molar-refractivity contribution in [3.63, 3.8) is 0 Å². The number of imide groups is 1. The predicted octanol–water partition coefficient (Wildman–Crippen LogP) is 2.44. The Morgan fingerprint density at radius 3 is 2.57 bits per heavy atom. The zero-order valence-electron chi connectivity index (χ0n) is 15.2. The van der Waals surface area contributed by atoms with Crippen LogP contribution in [0, 0.1) is 5.82 Å². The van der Waals surface area contributed by atoms with Gasteiger partial charge in [0.2, 0.25) is 0 Å². The average Bonchev–Trinajstić information content (AvgIpc) is 2.93. The Morgan fingerprint density at radius 2 is 1.82 bits per heavy atom. The minimum Gasteiger partial charge on any atom is -0.492 e. The summed E-state index contributed by atoms with van der Waals surface area (Å²) < 4.78 is 29.5. The molecule has 4 rings (SSSR count). The first-order chi connectivity index (χ1) is 13.5. The molecule has 28 heavy (non-hydrogen) atoms. The van der Waals surface area contributed by atoms with Crippen molar-refractivity contribution in [3.8, 4) is 17.2 Å². The first-order valence-electron chi connectivity index (χ1n) is 8.90. The number of fused-ring (bicyclic) bond motifs is 1. The Hall–Kier alpha value is -3.29. The molecule has 2 aliphatic heterocycles. The average molecular weight is 386 g/mol. The fourth-order valence-corrected chi connectivity index (χ4v) is 3.24. The molecule has 8 heteroatoms. The largest absolute Gasteiger partial charge is 0.492 e. The molecule has 0 spiro atoms. The second kappa shape index (κ2) is 7.03. The van der Waals surface area contributed by atoms with Crippen LogP contribution in [0.4, 0.5) is 9.18 Å². The van der Waals surface area contributed by atoms with Gasteiger partial charge in [-0.3, -0.25) is 9.69 Å². The highest BCUT2D eigenvalue weighted by Crippen LogP contribution is 2.36. The van der Waals surface area contributed by atoms with Gasteiger partial charge in [-0.2, -0.15) is 0 Å². The lowest BCUT2D eigenvalue weighted by Gasteiger charge is -2.25. The third kappa shape index (κ3) is 3.21. The monoisotopic (exact) mass is 386 g/mol. The fraction of sp³-hybridized carbons (Fsp3) is 0.300. The number of rotatable bonds is 5. The van der Waals surface area contributed by atoms with Crippen molar-refractivity contribution in [2.75, 3.05) is 26.4 Å². The van der Waals surface area contributed by atoms with Crippen LogP contribution in [0.2, 0.25) is 0 Å². The Labute approximate surface area is 161 Å². The van der Waals surface area contributed by atoms with Crippen LogP contribution in [0.25, 0.3) is 0 Å². The highest BCUT2D eigenvalue weighted by atomic mass is 19.1. The molecule has 2 aromatic carbocycles. The summed E-state index contributed by atoms with van der Waals surface area (Å²) in [6.07, 6.45) is 0. The van der Waals surface area contributed by atoms with Crippen molar-refractivity contribution in [1.29, 1.82) is 0 Å². The Balaban J connectivity index is 1.46. The van der Waals surface area contributed by atoms with Crippen LogP contribution in [-0.2, 0) is 10.3 Å². The topological polar surface area (TPSA) is 77.1 Å². The standard InChI is InChI=1S/C20H19FN2O5/c1-20(13-2-7-16-17(12-13)28-11-10-27-16)18(24)23(19(25)22-20)8-9-26-15-5-3-14(21)4-6-15/h2-7,12H,8-11H2,1H3,(H,22,25)/t20-/m1/s1. The molecule has 0 bridgehead atoms. The smallest absolute Gasteiger partial charge is 0.325 e. The van der Waals surface area contributed by atoms with Gasteiger partial charge in [-0.05, 0) is 48.9 Å². The second-order valence-corrected chi connectivity index (χ2v) is 6.67. The number of halogens is 1. The van der Waals surface area contributed by atoms with E-state index in [9.17, 15) is 14.0 Å². The van der Waals surface area contributed by atoms with Crippen LogP contribution in [-0.4, -0.2) is 43.2 Å². The lowest BCUT2D eigenvalue weighted by molar-refractivity contribution is -0.131. The Bertz CT molecular complexity index is 917. The van der Waals surface area contributed by atoms with Crippen LogP contribution in [0.1, 0.15) is 12.5 Å². The van der Waals surface area contributed by atoms with Gasteiger partial charge in [-0.25, -0.2) is 9.18 Å². The van der Waals surface area contributed by atoms with Gasteiger partial charge in [0, 0.05) is 0 Å². The van der Waals surface area contributed by atoms with E-state index in [1.165, 1.54) is 24.3 Å². The van der Waals surface area contributed by atoms with E-state index in [1.807, 2.05) is 0 Å². The molecule has 0 aromatic heterocycles. The summed E-state index contributed by atoms with van der Waals surface area (Å²) in [4.78, 5) is 26.5. The molecule has 146 valence electrons. The number of carbonyl (C=O) groups is 2. The zero-order chi connectivity index (χ0) is 19.7. The number of benzene rings is 2. The molecule has 0 aliphatic carbocycles. The molecule has 3 amide bonds. The summed E-state index contributed by atoms with van der Waals surface area (Å²) >= 11 is 0. The van der Waals surface area contributed by atoms with E-state index in [1.54, 1.807) is 25.1 Å². The van der Waals surface area contributed by atoms with E-state index in [2.05, 4.69) is 5.32 Å². The number of amides is 3. The quantitative estimate of drug-likeness (QED) is 0.799. The summed E-state index contributed by atoms with van der Waals surface area (Å²) in [5.41, 5.74) is -0.597. The van der Waals surface area contributed by atoms with Gasteiger partial charge >= 0.3 is 6.03 Å². The summed E-state index contributed by atoms with van der Waals surface area (Å²) in [6, 6.07) is 10.2. The normalized spacial score (nSPS) is 20.9. The molecule has 7 nitrogen and oxygen atoms in total. The molecule has 0 unspecified atom stereocenters. The molecule has 1 atom stereocenters. The van der Waals surface area contributed by atoms with Crippen molar-refractivity contribution in [2.24, 2.45) is 0 Å². The molecule has 2 aromatic rings. The summed E-state index contributed by atoms with van der Waals surface area (Å²) in [5.74, 6) is 0.877. The van der Waals surface area contributed by atoms with E-state index in [4.69, 9.17) is 14.2 Å². The number of carbonyl (C=O) groups excluding carboxylic acids is 2. The van der Waals surface area contributed by atoms with Crippen molar-refractivity contribution in [3.05, 3.63) is 53.8 Å². The van der Waals surface area contributed by atoms with E-state index < -0.39 is 11.6 Å². The van der Waals surface area contributed by atoms with Gasteiger partial charge in [-0.15, -0.1) is 0 Å². The maximum atomic E-state index is 13.0. The van der Waals surface area contributed by atoms with Gasteiger partial charge in [0.1, 0.15) is 36.9 Å². The predicted molar refractivity (Wildman–Crippen MR) is 96.9 cm³/mol. The summed E-state index contributed by atoms with van der Waals surface area (Å²) in [6.45, 7) is 2.73. The van der Waals surface area contributed by atoms with Crippen LogP contribution >= 0.6 is 0 Å². The lowest BCUT2D eigenvalue weighted by Crippen LogP contribution is -2.41. The van der Waals surface area contributed by atoms with Crippen LogP contribution in [0.5, 0.6) is 17.2 Å². The van der Waals surface area contributed by atoms with E-state index in [0.717, 1.165) is 4.90 Å². The molecular weight excluding hydrogens is 367 g/mol. The molecule has 1 N–H and O–H groups in total. The fourth-order valence-electron chi connectivity index (χ4n) is 3.24. The summed E-state index contributed by atoms with van der Waals surface area (Å²) in [7, 11) is 0. The van der Waals surface area contributed by atoms with Gasteiger partial charge in [0.05, 0.1) is 6.54 Å². The van der Waals surface area contributed by atoms with Gasteiger partial charge in [0.25, 0.3) is 5.91 Å². The highest BCUT2D eigenvalue weighted by Gasteiger charge is 2.49. The minimum absolute atomic E-state index is 0.0716. The SMILES string of the molecule is C[C@]1(c2ccc3c(c2)OCCO3)NC(=O)N(CCOc2ccc(F)cc2)C1=O.